The first kappa shape index (κ1) is 8.90. The molecule has 0 aromatic carbocycles. The zero-order chi connectivity index (χ0) is 9.19. The smallest absolute Gasteiger partial charge is 0.307 e. The van der Waals surface area contributed by atoms with Crippen LogP contribution in [0.2, 0.25) is 0 Å². The van der Waals surface area contributed by atoms with Crippen molar-refractivity contribution in [2.45, 2.75) is 18.8 Å². The van der Waals surface area contributed by atoms with Crippen LogP contribution in [0.1, 0.15) is 12.8 Å². The van der Waals surface area contributed by atoms with E-state index in [0.29, 0.717) is 6.08 Å². The molecule has 1 aliphatic rings. The van der Waals surface area contributed by atoms with Gasteiger partial charge in [-0.15, -0.1) is 0 Å². The summed E-state index contributed by atoms with van der Waals surface area (Å²) in [6, 6.07) is 0. The third-order valence-electron chi connectivity index (χ3n) is 1.47. The quantitative estimate of drug-likeness (QED) is 0.695. The summed E-state index contributed by atoms with van der Waals surface area (Å²) in [4.78, 5) is 10.2. The highest BCUT2D eigenvalue weighted by Crippen LogP contribution is 2.27. The molecule has 0 unspecified atom stereocenters. The standard InChI is InChI=1S/C8H8F2O2/c9-8(10)3-1-2-6(5-8)4-7(11)12/h1-2,5H,3-4H2,(H,11,12). The van der Waals surface area contributed by atoms with Crippen LogP contribution in [0, 0.1) is 0 Å². The van der Waals surface area contributed by atoms with Crippen molar-refractivity contribution < 1.29 is 18.7 Å². The summed E-state index contributed by atoms with van der Waals surface area (Å²) in [5.74, 6) is -3.97. The van der Waals surface area contributed by atoms with Gasteiger partial charge in [0.05, 0.1) is 6.42 Å². The minimum Gasteiger partial charge on any atom is -0.481 e. The van der Waals surface area contributed by atoms with Crippen LogP contribution in [0.5, 0.6) is 0 Å². The van der Waals surface area contributed by atoms with Gasteiger partial charge in [-0.05, 0) is 11.6 Å². The van der Waals surface area contributed by atoms with Crippen LogP contribution in [0.3, 0.4) is 0 Å². The highest BCUT2D eigenvalue weighted by atomic mass is 19.3. The Morgan fingerprint density at radius 2 is 2.33 bits per heavy atom. The largest absolute Gasteiger partial charge is 0.481 e. The van der Waals surface area contributed by atoms with Gasteiger partial charge < -0.3 is 5.11 Å². The lowest BCUT2D eigenvalue weighted by atomic mass is 10.0. The SMILES string of the molecule is O=C(O)CC1=CC(F)(F)CC=C1. The topological polar surface area (TPSA) is 37.3 Å². The van der Waals surface area contributed by atoms with Gasteiger partial charge in [0.15, 0.2) is 0 Å². The number of rotatable bonds is 2. The molecule has 1 aliphatic carbocycles. The molecule has 1 rings (SSSR count). The fraction of sp³-hybridized carbons (Fsp3) is 0.375. The normalized spacial score (nSPS) is 20.3. The molecule has 1 N–H and O–H groups in total. The Labute approximate surface area is 68.2 Å². The van der Waals surface area contributed by atoms with Gasteiger partial charge in [-0.25, -0.2) is 8.78 Å². The predicted octanol–water partition coefficient (Wildman–Crippen LogP) is 1.98. The minimum absolute atomic E-state index is 0.166. The number of alkyl halides is 2. The van der Waals surface area contributed by atoms with Crippen molar-refractivity contribution >= 4 is 5.97 Å². The number of carboxylic acids is 1. The lowest BCUT2D eigenvalue weighted by molar-refractivity contribution is -0.136. The number of hydrogen-bond acceptors (Lipinski definition) is 1. The van der Waals surface area contributed by atoms with Gasteiger partial charge in [-0.3, -0.25) is 4.79 Å². The molecule has 4 heteroatoms. The van der Waals surface area contributed by atoms with E-state index in [1.165, 1.54) is 12.2 Å². The summed E-state index contributed by atoms with van der Waals surface area (Å²) in [6.07, 6.45) is 2.74. The van der Waals surface area contributed by atoms with Gasteiger partial charge in [-0.2, -0.15) is 0 Å². The fourth-order valence-electron chi connectivity index (χ4n) is 1.03. The first-order chi connectivity index (χ1) is 5.49. The molecule has 0 radical (unpaired) electrons. The molecule has 2 nitrogen and oxygen atoms in total. The zero-order valence-corrected chi connectivity index (χ0v) is 6.26. The molecule has 0 amide bonds. The summed E-state index contributed by atoms with van der Waals surface area (Å²) in [7, 11) is 0. The highest BCUT2D eigenvalue weighted by Gasteiger charge is 2.27. The molecule has 0 saturated heterocycles. The van der Waals surface area contributed by atoms with E-state index in [1.807, 2.05) is 0 Å². The Bertz CT molecular complexity index is 254. The van der Waals surface area contributed by atoms with Crippen molar-refractivity contribution in [2.75, 3.05) is 0 Å². The van der Waals surface area contributed by atoms with E-state index in [4.69, 9.17) is 5.11 Å². The van der Waals surface area contributed by atoms with Gasteiger partial charge >= 0.3 is 5.97 Å². The maximum absolute atomic E-state index is 12.6. The number of carbonyl (C=O) groups is 1. The number of hydrogen-bond donors (Lipinski definition) is 1. The second-order valence-electron chi connectivity index (χ2n) is 2.66. The Balaban J connectivity index is 2.71. The van der Waals surface area contributed by atoms with Crippen molar-refractivity contribution in [2.24, 2.45) is 0 Å². The number of allylic oxidation sites excluding steroid dienone is 3. The second kappa shape index (κ2) is 3.05. The molecule has 0 atom stereocenters. The molecule has 0 aromatic rings. The average Bonchev–Trinajstić information content (AvgIpc) is 1.82. The van der Waals surface area contributed by atoms with E-state index >= 15 is 0 Å². The molecular formula is C8H8F2O2. The monoisotopic (exact) mass is 174 g/mol. The summed E-state index contributed by atoms with van der Waals surface area (Å²) in [5, 5.41) is 8.32. The first-order valence-electron chi connectivity index (χ1n) is 3.47. The van der Waals surface area contributed by atoms with Gasteiger partial charge in [0.25, 0.3) is 5.92 Å². The first-order valence-corrected chi connectivity index (χ1v) is 3.47. The maximum Gasteiger partial charge on any atom is 0.307 e. The Morgan fingerprint density at radius 3 is 2.83 bits per heavy atom. The fourth-order valence-corrected chi connectivity index (χ4v) is 1.03. The molecule has 0 saturated carbocycles. The number of carboxylic acid groups (broad SMARTS) is 1. The second-order valence-corrected chi connectivity index (χ2v) is 2.66. The van der Waals surface area contributed by atoms with E-state index < -0.39 is 11.9 Å². The third kappa shape index (κ3) is 2.45. The van der Waals surface area contributed by atoms with E-state index in [9.17, 15) is 13.6 Å². The maximum atomic E-state index is 12.6. The summed E-state index contributed by atoms with van der Waals surface area (Å²) in [6.45, 7) is 0. The molecule has 0 aliphatic heterocycles. The molecule has 0 fully saturated rings. The van der Waals surface area contributed by atoms with Crippen LogP contribution in [0.15, 0.2) is 23.8 Å². The van der Waals surface area contributed by atoms with Crippen LogP contribution in [-0.4, -0.2) is 17.0 Å². The van der Waals surface area contributed by atoms with Crippen molar-refractivity contribution in [1.82, 2.24) is 0 Å². The lowest BCUT2D eigenvalue weighted by Gasteiger charge is -2.14. The number of halogens is 2. The molecule has 12 heavy (non-hydrogen) atoms. The van der Waals surface area contributed by atoms with Gasteiger partial charge in [0.2, 0.25) is 0 Å². The van der Waals surface area contributed by atoms with Crippen LogP contribution in [0.25, 0.3) is 0 Å². The van der Waals surface area contributed by atoms with Crippen molar-refractivity contribution in [3.05, 3.63) is 23.8 Å². The van der Waals surface area contributed by atoms with Crippen molar-refractivity contribution in [3.8, 4) is 0 Å². The van der Waals surface area contributed by atoms with Crippen LogP contribution in [0.4, 0.5) is 8.78 Å². The van der Waals surface area contributed by atoms with E-state index in [2.05, 4.69) is 0 Å². The predicted molar refractivity (Wildman–Crippen MR) is 39.0 cm³/mol. The Hall–Kier alpha value is -1.19. The molecule has 0 heterocycles. The van der Waals surface area contributed by atoms with Crippen molar-refractivity contribution in [3.63, 3.8) is 0 Å². The summed E-state index contributed by atoms with van der Waals surface area (Å²) in [5.41, 5.74) is 0.166. The van der Waals surface area contributed by atoms with Gasteiger partial charge in [-0.1, -0.05) is 12.2 Å². The van der Waals surface area contributed by atoms with E-state index in [1.54, 1.807) is 0 Å². The minimum atomic E-state index is -2.88. The van der Waals surface area contributed by atoms with Gasteiger partial charge in [0, 0.05) is 6.42 Å². The van der Waals surface area contributed by atoms with Crippen LogP contribution in [-0.2, 0) is 4.79 Å². The molecule has 0 spiro atoms. The third-order valence-corrected chi connectivity index (χ3v) is 1.47. The zero-order valence-electron chi connectivity index (χ0n) is 6.26. The van der Waals surface area contributed by atoms with E-state index in [0.717, 1.165) is 0 Å². The number of aliphatic carboxylic acids is 1. The average molecular weight is 174 g/mol. The van der Waals surface area contributed by atoms with Crippen LogP contribution >= 0.6 is 0 Å². The lowest BCUT2D eigenvalue weighted by Crippen LogP contribution is -2.15. The highest BCUT2D eigenvalue weighted by molar-refractivity contribution is 5.71. The molecule has 0 bridgehead atoms. The van der Waals surface area contributed by atoms with Crippen molar-refractivity contribution in [1.29, 1.82) is 0 Å². The molecule has 66 valence electrons. The molecular weight excluding hydrogens is 166 g/mol. The van der Waals surface area contributed by atoms with E-state index in [-0.39, 0.29) is 18.4 Å². The van der Waals surface area contributed by atoms with Gasteiger partial charge in [0.1, 0.15) is 0 Å². The Morgan fingerprint density at radius 1 is 1.67 bits per heavy atom. The Kier molecular flexibility index (Phi) is 2.26. The van der Waals surface area contributed by atoms with Crippen LogP contribution < -0.4 is 0 Å². The summed E-state index contributed by atoms with van der Waals surface area (Å²) >= 11 is 0. The summed E-state index contributed by atoms with van der Waals surface area (Å²) < 4.78 is 25.2. The molecule has 0 aromatic heterocycles.